The maximum absolute atomic E-state index is 11.1. The number of rotatable bonds is 4. The minimum atomic E-state index is -0.766. The molecule has 1 saturated heterocycles. The Balaban J connectivity index is 2.64. The van der Waals surface area contributed by atoms with Crippen molar-refractivity contribution in [2.75, 3.05) is 13.7 Å². The molecule has 0 aliphatic carbocycles. The van der Waals surface area contributed by atoms with Crippen LogP contribution in [-0.2, 0) is 9.53 Å². The van der Waals surface area contributed by atoms with E-state index in [0.717, 1.165) is 12.8 Å². The van der Waals surface area contributed by atoms with E-state index in [4.69, 9.17) is 9.84 Å². The van der Waals surface area contributed by atoms with Crippen molar-refractivity contribution in [3.63, 3.8) is 0 Å². The van der Waals surface area contributed by atoms with Gasteiger partial charge in [0.25, 0.3) is 0 Å². The molecule has 0 aromatic rings. The van der Waals surface area contributed by atoms with E-state index >= 15 is 0 Å². The highest BCUT2D eigenvalue weighted by molar-refractivity contribution is 5.79. The summed E-state index contributed by atoms with van der Waals surface area (Å²) in [5.41, 5.74) is -0.766. The summed E-state index contributed by atoms with van der Waals surface area (Å²) in [5, 5.41) is 12.1. The van der Waals surface area contributed by atoms with Crippen LogP contribution in [0.15, 0.2) is 0 Å². The molecule has 0 saturated carbocycles. The van der Waals surface area contributed by atoms with Gasteiger partial charge in [0.2, 0.25) is 0 Å². The highest BCUT2D eigenvalue weighted by Crippen LogP contribution is 2.27. The molecular formula is C10H19NO3. The molecule has 1 rings (SSSR count). The first-order valence-corrected chi connectivity index (χ1v) is 5.18. The van der Waals surface area contributed by atoms with Crippen molar-refractivity contribution in [2.45, 2.75) is 44.2 Å². The fourth-order valence-corrected chi connectivity index (χ4v) is 1.99. The zero-order valence-electron chi connectivity index (χ0n) is 8.88. The highest BCUT2D eigenvalue weighted by atomic mass is 16.5. The lowest BCUT2D eigenvalue weighted by molar-refractivity contribution is -0.151. The van der Waals surface area contributed by atoms with E-state index in [1.54, 1.807) is 7.05 Å². The molecule has 14 heavy (non-hydrogen) atoms. The first-order chi connectivity index (χ1) is 6.64. The molecule has 2 atom stereocenters. The number of nitrogens with one attached hydrogen (secondary N) is 1. The standard InChI is InChI=1S/C10H19NO3/c1-3-4-8-7-10(11-2,9(12)13)5-6-14-8/h8,11H,3-7H2,1-2H3,(H,12,13). The van der Waals surface area contributed by atoms with Gasteiger partial charge in [-0.1, -0.05) is 13.3 Å². The van der Waals surface area contributed by atoms with Gasteiger partial charge in [-0.25, -0.2) is 0 Å². The van der Waals surface area contributed by atoms with Crippen LogP contribution in [0.4, 0.5) is 0 Å². The van der Waals surface area contributed by atoms with E-state index in [1.165, 1.54) is 0 Å². The lowest BCUT2D eigenvalue weighted by atomic mass is 9.85. The first kappa shape index (κ1) is 11.5. The average Bonchev–Trinajstić information content (AvgIpc) is 2.18. The Morgan fingerprint density at radius 1 is 1.71 bits per heavy atom. The van der Waals surface area contributed by atoms with Crippen LogP contribution in [0.2, 0.25) is 0 Å². The molecular weight excluding hydrogens is 182 g/mol. The molecule has 2 unspecified atom stereocenters. The zero-order chi connectivity index (χ0) is 10.6. The fraction of sp³-hybridized carbons (Fsp3) is 0.900. The summed E-state index contributed by atoms with van der Waals surface area (Å²) in [5.74, 6) is -0.760. The van der Waals surface area contributed by atoms with Gasteiger partial charge < -0.3 is 15.2 Å². The molecule has 82 valence electrons. The molecule has 0 spiro atoms. The van der Waals surface area contributed by atoms with E-state index in [1.807, 2.05) is 0 Å². The van der Waals surface area contributed by atoms with Crippen LogP contribution in [-0.4, -0.2) is 36.4 Å². The Morgan fingerprint density at radius 2 is 2.43 bits per heavy atom. The third-order valence-corrected chi connectivity index (χ3v) is 2.96. The molecule has 1 aliphatic heterocycles. The predicted octanol–water partition coefficient (Wildman–Crippen LogP) is 1.01. The number of likely N-dealkylation sites (N-methyl/N-ethyl adjacent to an activating group) is 1. The quantitative estimate of drug-likeness (QED) is 0.712. The van der Waals surface area contributed by atoms with E-state index in [-0.39, 0.29) is 6.10 Å². The van der Waals surface area contributed by atoms with Crippen LogP contribution in [0.1, 0.15) is 32.6 Å². The van der Waals surface area contributed by atoms with Crippen molar-refractivity contribution in [1.29, 1.82) is 0 Å². The second-order valence-corrected chi connectivity index (χ2v) is 3.87. The van der Waals surface area contributed by atoms with Gasteiger partial charge in [-0.15, -0.1) is 0 Å². The van der Waals surface area contributed by atoms with Gasteiger partial charge in [-0.3, -0.25) is 4.79 Å². The molecule has 0 radical (unpaired) electrons. The molecule has 4 heteroatoms. The lowest BCUT2D eigenvalue weighted by Gasteiger charge is -2.37. The van der Waals surface area contributed by atoms with Crippen molar-refractivity contribution in [1.82, 2.24) is 5.32 Å². The van der Waals surface area contributed by atoms with E-state index < -0.39 is 11.5 Å². The van der Waals surface area contributed by atoms with E-state index in [0.29, 0.717) is 19.4 Å². The Hall–Kier alpha value is -0.610. The molecule has 0 bridgehead atoms. The second kappa shape index (κ2) is 4.75. The number of ether oxygens (including phenoxy) is 1. The van der Waals surface area contributed by atoms with Crippen LogP contribution >= 0.6 is 0 Å². The number of carbonyl (C=O) groups is 1. The van der Waals surface area contributed by atoms with Gasteiger partial charge in [0, 0.05) is 13.0 Å². The maximum Gasteiger partial charge on any atom is 0.324 e. The Bertz CT molecular complexity index is 206. The number of hydrogen-bond acceptors (Lipinski definition) is 3. The zero-order valence-corrected chi connectivity index (χ0v) is 8.88. The third kappa shape index (κ3) is 2.25. The smallest absolute Gasteiger partial charge is 0.324 e. The van der Waals surface area contributed by atoms with Gasteiger partial charge in [-0.2, -0.15) is 0 Å². The maximum atomic E-state index is 11.1. The molecule has 4 nitrogen and oxygen atoms in total. The molecule has 2 N–H and O–H groups in total. The number of hydrogen-bond donors (Lipinski definition) is 2. The van der Waals surface area contributed by atoms with Crippen LogP contribution in [0, 0.1) is 0 Å². The molecule has 1 heterocycles. The van der Waals surface area contributed by atoms with Crippen molar-refractivity contribution in [3.8, 4) is 0 Å². The normalized spacial score (nSPS) is 32.9. The minimum absolute atomic E-state index is 0.0947. The highest BCUT2D eigenvalue weighted by Gasteiger charge is 2.41. The van der Waals surface area contributed by atoms with E-state index in [9.17, 15) is 4.79 Å². The molecule has 1 aliphatic rings. The summed E-state index contributed by atoms with van der Waals surface area (Å²) in [6, 6.07) is 0. The Labute approximate surface area is 84.6 Å². The van der Waals surface area contributed by atoms with Gasteiger partial charge in [0.1, 0.15) is 5.54 Å². The van der Waals surface area contributed by atoms with Gasteiger partial charge in [0.15, 0.2) is 0 Å². The summed E-state index contributed by atoms with van der Waals surface area (Å²) < 4.78 is 5.52. The summed E-state index contributed by atoms with van der Waals surface area (Å²) in [7, 11) is 1.71. The van der Waals surface area contributed by atoms with Gasteiger partial charge >= 0.3 is 5.97 Å². The minimum Gasteiger partial charge on any atom is -0.480 e. The monoisotopic (exact) mass is 201 g/mol. The molecule has 0 aromatic heterocycles. The second-order valence-electron chi connectivity index (χ2n) is 3.87. The third-order valence-electron chi connectivity index (χ3n) is 2.96. The Morgan fingerprint density at radius 3 is 2.93 bits per heavy atom. The molecule has 0 amide bonds. The van der Waals surface area contributed by atoms with Crippen LogP contribution in [0.3, 0.4) is 0 Å². The van der Waals surface area contributed by atoms with Gasteiger partial charge in [0.05, 0.1) is 6.10 Å². The molecule has 0 aromatic carbocycles. The summed E-state index contributed by atoms with van der Waals surface area (Å²) in [6.07, 6.45) is 3.20. The predicted molar refractivity (Wildman–Crippen MR) is 53.3 cm³/mol. The van der Waals surface area contributed by atoms with Crippen molar-refractivity contribution in [3.05, 3.63) is 0 Å². The van der Waals surface area contributed by atoms with Gasteiger partial charge in [-0.05, 0) is 19.9 Å². The largest absolute Gasteiger partial charge is 0.480 e. The summed E-state index contributed by atoms with van der Waals surface area (Å²) in [4.78, 5) is 11.1. The summed E-state index contributed by atoms with van der Waals surface area (Å²) >= 11 is 0. The van der Waals surface area contributed by atoms with E-state index in [2.05, 4.69) is 12.2 Å². The SMILES string of the molecule is CCCC1CC(NC)(C(=O)O)CCO1. The summed E-state index contributed by atoms with van der Waals surface area (Å²) in [6.45, 7) is 2.62. The number of carboxylic acid groups (broad SMARTS) is 1. The number of carboxylic acids is 1. The van der Waals surface area contributed by atoms with Crippen molar-refractivity contribution in [2.24, 2.45) is 0 Å². The average molecular weight is 201 g/mol. The molecule has 1 fully saturated rings. The van der Waals surface area contributed by atoms with Crippen LogP contribution < -0.4 is 5.32 Å². The first-order valence-electron chi connectivity index (χ1n) is 5.18. The fourth-order valence-electron chi connectivity index (χ4n) is 1.99. The van der Waals surface area contributed by atoms with Crippen molar-refractivity contribution >= 4 is 5.97 Å². The topological polar surface area (TPSA) is 58.6 Å². The van der Waals surface area contributed by atoms with Crippen molar-refractivity contribution < 1.29 is 14.6 Å². The van der Waals surface area contributed by atoms with Crippen LogP contribution in [0.25, 0.3) is 0 Å². The lowest BCUT2D eigenvalue weighted by Crippen LogP contribution is -2.56. The Kier molecular flexibility index (Phi) is 3.89. The van der Waals surface area contributed by atoms with Crippen LogP contribution in [0.5, 0.6) is 0 Å². The number of aliphatic carboxylic acids is 1.